The molecule has 2 saturated heterocycles. The van der Waals surface area contributed by atoms with Gasteiger partial charge in [0.1, 0.15) is 0 Å². The Bertz CT molecular complexity index is 593. The monoisotopic (exact) mass is 360 g/mol. The summed E-state index contributed by atoms with van der Waals surface area (Å²) in [6.45, 7) is 9.39. The van der Waals surface area contributed by atoms with Crippen LogP contribution in [0.15, 0.2) is 18.2 Å². The van der Waals surface area contributed by atoms with Crippen molar-refractivity contribution in [2.75, 3.05) is 39.4 Å². The molecule has 3 rings (SSSR count). The van der Waals surface area contributed by atoms with E-state index in [0.29, 0.717) is 36.4 Å². The molecular weight excluding hydrogens is 328 g/mol. The number of nitrogens with zero attached hydrogens (tertiary/aromatic N) is 1. The van der Waals surface area contributed by atoms with Gasteiger partial charge >= 0.3 is 0 Å². The van der Waals surface area contributed by atoms with Crippen LogP contribution in [-0.2, 0) is 0 Å². The Morgan fingerprint density at radius 1 is 1.04 bits per heavy atom. The molecule has 1 N–H and O–H groups in total. The van der Waals surface area contributed by atoms with E-state index >= 15 is 0 Å². The number of hydrogen-bond acceptors (Lipinski definition) is 4. The van der Waals surface area contributed by atoms with E-state index in [1.165, 1.54) is 0 Å². The molecular formula is C21H32N2O3. The Balaban J connectivity index is 1.69. The summed E-state index contributed by atoms with van der Waals surface area (Å²) in [5.41, 5.74) is 0.701. The van der Waals surface area contributed by atoms with Crippen LogP contribution in [0.2, 0.25) is 0 Å². The number of likely N-dealkylation sites (tertiary alicyclic amines) is 1. The van der Waals surface area contributed by atoms with Crippen LogP contribution >= 0.6 is 0 Å². The molecule has 5 heteroatoms. The lowest BCUT2D eigenvalue weighted by atomic mass is 10.0. The highest BCUT2D eigenvalue weighted by atomic mass is 16.5. The van der Waals surface area contributed by atoms with Crippen molar-refractivity contribution in [3.8, 4) is 11.5 Å². The number of carbonyl (C=O) groups excluding carboxylic acids is 1. The van der Waals surface area contributed by atoms with Crippen LogP contribution in [0.4, 0.5) is 0 Å². The molecule has 2 fully saturated rings. The zero-order chi connectivity index (χ0) is 18.4. The molecule has 144 valence electrons. The molecule has 0 unspecified atom stereocenters. The minimum Gasteiger partial charge on any atom is -0.490 e. The third-order valence-electron chi connectivity index (χ3n) is 5.38. The second-order valence-corrected chi connectivity index (χ2v) is 7.45. The molecule has 0 aliphatic carbocycles. The maximum atomic E-state index is 12.9. The van der Waals surface area contributed by atoms with Gasteiger partial charge in [0.25, 0.3) is 5.91 Å². The molecule has 0 bridgehead atoms. The SMILES string of the molecule is CCCCOc1ccc(C(=O)N2C[C@H]3CNC[C@H]3C2)cc1OCCCC. The topological polar surface area (TPSA) is 50.8 Å². The average molecular weight is 360 g/mol. The second kappa shape index (κ2) is 9.26. The molecule has 1 aromatic rings. The summed E-state index contributed by atoms with van der Waals surface area (Å²) in [6.07, 6.45) is 4.18. The van der Waals surface area contributed by atoms with Crippen LogP contribution in [0.3, 0.4) is 0 Å². The van der Waals surface area contributed by atoms with E-state index < -0.39 is 0 Å². The van der Waals surface area contributed by atoms with Gasteiger partial charge in [-0.1, -0.05) is 26.7 Å². The fourth-order valence-electron chi connectivity index (χ4n) is 3.73. The molecule has 2 heterocycles. The highest BCUT2D eigenvalue weighted by Gasteiger charge is 2.38. The van der Waals surface area contributed by atoms with Gasteiger partial charge < -0.3 is 19.7 Å². The maximum Gasteiger partial charge on any atom is 0.254 e. The van der Waals surface area contributed by atoms with Gasteiger partial charge in [-0.25, -0.2) is 0 Å². The maximum absolute atomic E-state index is 12.9. The van der Waals surface area contributed by atoms with Crippen molar-refractivity contribution in [1.29, 1.82) is 0 Å². The smallest absolute Gasteiger partial charge is 0.254 e. The van der Waals surface area contributed by atoms with Crippen molar-refractivity contribution >= 4 is 5.91 Å². The van der Waals surface area contributed by atoms with Crippen LogP contribution < -0.4 is 14.8 Å². The first-order chi connectivity index (χ1) is 12.7. The van der Waals surface area contributed by atoms with Gasteiger partial charge in [0.05, 0.1) is 13.2 Å². The third-order valence-corrected chi connectivity index (χ3v) is 5.38. The summed E-state index contributed by atoms with van der Waals surface area (Å²) >= 11 is 0. The molecule has 2 aliphatic rings. The molecule has 2 atom stereocenters. The average Bonchev–Trinajstić information content (AvgIpc) is 3.24. The van der Waals surface area contributed by atoms with Crippen LogP contribution in [-0.4, -0.2) is 50.2 Å². The molecule has 1 amide bonds. The number of benzene rings is 1. The Kier molecular flexibility index (Phi) is 6.78. The Labute approximate surface area is 157 Å². The number of ether oxygens (including phenoxy) is 2. The summed E-state index contributed by atoms with van der Waals surface area (Å²) in [6, 6.07) is 5.64. The van der Waals surface area contributed by atoms with E-state index in [4.69, 9.17) is 9.47 Å². The van der Waals surface area contributed by atoms with Crippen molar-refractivity contribution in [1.82, 2.24) is 10.2 Å². The van der Waals surface area contributed by atoms with Gasteiger partial charge in [-0.05, 0) is 42.9 Å². The standard InChI is InChI=1S/C21H32N2O3/c1-3-5-9-25-19-8-7-16(11-20(19)26-10-6-4-2)21(24)23-14-17-12-22-13-18(17)15-23/h7-8,11,17-18,22H,3-6,9-10,12-15H2,1-2H3/t17-,18+. The fourth-order valence-corrected chi connectivity index (χ4v) is 3.73. The van der Waals surface area contributed by atoms with Crippen molar-refractivity contribution in [3.05, 3.63) is 23.8 Å². The van der Waals surface area contributed by atoms with Crippen LogP contribution in [0.25, 0.3) is 0 Å². The number of amides is 1. The summed E-state index contributed by atoms with van der Waals surface area (Å²) in [5.74, 6) is 2.77. The lowest BCUT2D eigenvalue weighted by Gasteiger charge is -2.19. The van der Waals surface area contributed by atoms with Gasteiger partial charge in [-0.15, -0.1) is 0 Å². The Morgan fingerprint density at radius 3 is 2.27 bits per heavy atom. The molecule has 0 aromatic heterocycles. The van der Waals surface area contributed by atoms with E-state index in [2.05, 4.69) is 19.2 Å². The zero-order valence-electron chi connectivity index (χ0n) is 16.1. The molecule has 0 saturated carbocycles. The van der Waals surface area contributed by atoms with Gasteiger partial charge in [-0.2, -0.15) is 0 Å². The minimum atomic E-state index is 0.111. The minimum absolute atomic E-state index is 0.111. The lowest BCUT2D eigenvalue weighted by Crippen LogP contribution is -2.31. The molecule has 0 spiro atoms. The van der Waals surface area contributed by atoms with Gasteiger partial charge in [0.15, 0.2) is 11.5 Å². The van der Waals surface area contributed by atoms with Crippen molar-refractivity contribution in [2.24, 2.45) is 11.8 Å². The molecule has 2 aliphatic heterocycles. The summed E-state index contributed by atoms with van der Waals surface area (Å²) in [7, 11) is 0. The van der Waals surface area contributed by atoms with E-state index in [9.17, 15) is 4.79 Å². The first-order valence-corrected chi connectivity index (χ1v) is 10.1. The highest BCUT2D eigenvalue weighted by molar-refractivity contribution is 5.95. The predicted molar refractivity (Wildman–Crippen MR) is 103 cm³/mol. The second-order valence-electron chi connectivity index (χ2n) is 7.45. The molecule has 0 radical (unpaired) electrons. The van der Waals surface area contributed by atoms with Gasteiger partial charge in [-0.3, -0.25) is 4.79 Å². The molecule has 26 heavy (non-hydrogen) atoms. The highest BCUT2D eigenvalue weighted by Crippen LogP contribution is 2.32. The van der Waals surface area contributed by atoms with E-state index in [-0.39, 0.29) is 5.91 Å². The van der Waals surface area contributed by atoms with E-state index in [1.54, 1.807) is 0 Å². The largest absolute Gasteiger partial charge is 0.490 e. The number of unbranched alkanes of at least 4 members (excludes halogenated alkanes) is 2. The summed E-state index contributed by atoms with van der Waals surface area (Å²) < 4.78 is 11.8. The van der Waals surface area contributed by atoms with Gasteiger partial charge in [0, 0.05) is 31.7 Å². The predicted octanol–water partition coefficient (Wildman–Crippen LogP) is 3.34. The van der Waals surface area contributed by atoms with E-state index in [1.807, 2.05) is 23.1 Å². The summed E-state index contributed by atoms with van der Waals surface area (Å²) in [5, 5.41) is 3.42. The normalized spacial score (nSPS) is 21.7. The first-order valence-electron chi connectivity index (χ1n) is 10.1. The van der Waals surface area contributed by atoms with Crippen molar-refractivity contribution < 1.29 is 14.3 Å². The van der Waals surface area contributed by atoms with Crippen LogP contribution in [0, 0.1) is 11.8 Å². The van der Waals surface area contributed by atoms with Crippen LogP contribution in [0.5, 0.6) is 11.5 Å². The number of carbonyl (C=O) groups is 1. The molecule has 1 aromatic carbocycles. The van der Waals surface area contributed by atoms with Gasteiger partial charge in [0.2, 0.25) is 0 Å². The zero-order valence-corrected chi connectivity index (χ0v) is 16.1. The first kappa shape index (κ1) is 19.0. The Hall–Kier alpha value is -1.75. The van der Waals surface area contributed by atoms with E-state index in [0.717, 1.165) is 57.6 Å². The fraction of sp³-hybridized carbons (Fsp3) is 0.667. The van der Waals surface area contributed by atoms with Crippen molar-refractivity contribution in [2.45, 2.75) is 39.5 Å². The quantitative estimate of drug-likeness (QED) is 0.686. The van der Waals surface area contributed by atoms with Crippen molar-refractivity contribution in [3.63, 3.8) is 0 Å². The molecule has 5 nitrogen and oxygen atoms in total. The number of rotatable bonds is 9. The third kappa shape index (κ3) is 4.50. The number of fused-ring (bicyclic) bond motifs is 1. The Morgan fingerprint density at radius 2 is 1.65 bits per heavy atom. The summed E-state index contributed by atoms with van der Waals surface area (Å²) in [4.78, 5) is 14.9. The van der Waals surface area contributed by atoms with Crippen LogP contribution in [0.1, 0.15) is 49.9 Å². The lowest BCUT2D eigenvalue weighted by molar-refractivity contribution is 0.0781. The number of hydrogen-bond donors (Lipinski definition) is 1. The number of nitrogens with one attached hydrogen (secondary N) is 1.